The van der Waals surface area contributed by atoms with Gasteiger partial charge in [0, 0.05) is 23.3 Å². The van der Waals surface area contributed by atoms with E-state index in [4.69, 9.17) is 10.7 Å². The lowest BCUT2D eigenvalue weighted by molar-refractivity contribution is 0.0759. The van der Waals surface area contributed by atoms with Gasteiger partial charge in [0.05, 0.1) is 10.5 Å². The second kappa shape index (κ2) is 5.35. The van der Waals surface area contributed by atoms with Crippen molar-refractivity contribution in [3.63, 3.8) is 0 Å². The Bertz CT molecular complexity index is 608. The second-order valence-corrected chi connectivity index (χ2v) is 6.95. The van der Waals surface area contributed by atoms with E-state index in [1.165, 1.54) is 12.1 Å². The van der Waals surface area contributed by atoms with E-state index in [-0.39, 0.29) is 22.4 Å². The van der Waals surface area contributed by atoms with Crippen molar-refractivity contribution < 1.29 is 13.2 Å². The number of hydrogen-bond donors (Lipinski definition) is 0. The first-order valence-corrected chi connectivity index (χ1v) is 8.21. The summed E-state index contributed by atoms with van der Waals surface area (Å²) < 4.78 is 23.0. The summed E-state index contributed by atoms with van der Waals surface area (Å²) in [6, 6.07) is 6.17. The van der Waals surface area contributed by atoms with E-state index >= 15 is 0 Å². The Labute approximate surface area is 117 Å². The summed E-state index contributed by atoms with van der Waals surface area (Å²) in [5, 5.41) is 0. The van der Waals surface area contributed by atoms with Gasteiger partial charge in [0.15, 0.2) is 0 Å². The Morgan fingerprint density at radius 3 is 2.58 bits per heavy atom. The van der Waals surface area contributed by atoms with Crippen LogP contribution in [0.4, 0.5) is 0 Å². The number of halogens is 1. The molecule has 0 aliphatic heterocycles. The monoisotopic (exact) mass is 299 g/mol. The van der Waals surface area contributed by atoms with Gasteiger partial charge in [-0.25, -0.2) is 8.42 Å². The molecule has 0 spiro atoms. The predicted octanol–water partition coefficient (Wildman–Crippen LogP) is 2.40. The molecule has 1 aliphatic rings. The first-order valence-electron chi connectivity index (χ1n) is 5.90. The van der Waals surface area contributed by atoms with E-state index in [2.05, 4.69) is 6.58 Å². The van der Waals surface area contributed by atoms with Gasteiger partial charge in [0.2, 0.25) is 0 Å². The zero-order valence-corrected chi connectivity index (χ0v) is 11.8. The van der Waals surface area contributed by atoms with Crippen LogP contribution in [0.3, 0.4) is 0 Å². The van der Waals surface area contributed by atoms with E-state index in [1.54, 1.807) is 23.1 Å². The molecule has 19 heavy (non-hydrogen) atoms. The molecule has 1 aromatic carbocycles. The standard InChI is InChI=1S/C13H14ClNO3S/c1-2-9-15(10-7-8-10)13(16)11-5-3-4-6-12(11)19(14,17)18/h2-6,10H,1,7-9H2. The minimum atomic E-state index is -3.93. The molecule has 0 radical (unpaired) electrons. The Hall–Kier alpha value is -1.33. The van der Waals surface area contributed by atoms with Gasteiger partial charge in [-0.3, -0.25) is 4.79 Å². The molecule has 102 valence electrons. The lowest BCUT2D eigenvalue weighted by Gasteiger charge is -2.21. The number of amides is 1. The molecule has 0 saturated heterocycles. The third kappa shape index (κ3) is 3.16. The summed E-state index contributed by atoms with van der Waals surface area (Å²) in [5.74, 6) is -0.317. The quantitative estimate of drug-likeness (QED) is 0.620. The van der Waals surface area contributed by atoms with Gasteiger partial charge in [0.25, 0.3) is 15.0 Å². The van der Waals surface area contributed by atoms with E-state index in [0.717, 1.165) is 12.8 Å². The van der Waals surface area contributed by atoms with E-state index in [1.807, 2.05) is 0 Å². The van der Waals surface area contributed by atoms with Crippen LogP contribution in [-0.2, 0) is 9.05 Å². The number of carbonyl (C=O) groups excluding carboxylic acids is 1. The number of hydrogen-bond acceptors (Lipinski definition) is 3. The van der Waals surface area contributed by atoms with E-state index < -0.39 is 9.05 Å². The van der Waals surface area contributed by atoms with Gasteiger partial charge in [-0.2, -0.15) is 0 Å². The highest BCUT2D eigenvalue weighted by Gasteiger charge is 2.34. The maximum absolute atomic E-state index is 12.4. The third-order valence-electron chi connectivity index (χ3n) is 2.95. The Morgan fingerprint density at radius 1 is 1.42 bits per heavy atom. The molecular formula is C13H14ClNO3S. The summed E-state index contributed by atoms with van der Waals surface area (Å²) in [4.78, 5) is 13.9. The zero-order chi connectivity index (χ0) is 14.0. The van der Waals surface area contributed by atoms with Crippen molar-refractivity contribution in [3.05, 3.63) is 42.5 Å². The Balaban J connectivity index is 2.40. The van der Waals surface area contributed by atoms with Crippen LogP contribution in [0, 0.1) is 0 Å². The molecule has 0 aromatic heterocycles. The van der Waals surface area contributed by atoms with Crippen molar-refractivity contribution in [2.45, 2.75) is 23.8 Å². The van der Waals surface area contributed by atoms with Crippen LogP contribution in [0.2, 0.25) is 0 Å². The van der Waals surface area contributed by atoms with Gasteiger partial charge < -0.3 is 4.90 Å². The molecule has 1 aliphatic carbocycles. The smallest absolute Gasteiger partial charge is 0.262 e. The Morgan fingerprint density at radius 2 is 2.05 bits per heavy atom. The highest BCUT2D eigenvalue weighted by atomic mass is 35.7. The minimum absolute atomic E-state index is 0.117. The molecule has 1 fully saturated rings. The van der Waals surface area contributed by atoms with Gasteiger partial charge in [-0.05, 0) is 25.0 Å². The summed E-state index contributed by atoms with van der Waals surface area (Å²) in [6.07, 6.45) is 3.51. The molecule has 0 bridgehead atoms. The van der Waals surface area contributed by atoms with E-state index in [0.29, 0.717) is 6.54 Å². The van der Waals surface area contributed by atoms with Crippen molar-refractivity contribution >= 4 is 25.6 Å². The van der Waals surface area contributed by atoms with Crippen molar-refractivity contribution in [3.8, 4) is 0 Å². The van der Waals surface area contributed by atoms with Crippen LogP contribution < -0.4 is 0 Å². The molecule has 1 saturated carbocycles. The van der Waals surface area contributed by atoms with Gasteiger partial charge in [0.1, 0.15) is 0 Å². The SMILES string of the molecule is C=CCN(C(=O)c1ccccc1S(=O)(=O)Cl)C1CC1. The normalized spacial score (nSPS) is 15.0. The lowest BCUT2D eigenvalue weighted by atomic mass is 10.2. The van der Waals surface area contributed by atoms with Crippen molar-refractivity contribution in [1.29, 1.82) is 0 Å². The summed E-state index contributed by atoms with van der Waals surface area (Å²) in [5.41, 5.74) is 0.117. The molecule has 4 nitrogen and oxygen atoms in total. The lowest BCUT2D eigenvalue weighted by Crippen LogP contribution is -2.33. The van der Waals surface area contributed by atoms with Crippen molar-refractivity contribution in [2.75, 3.05) is 6.54 Å². The van der Waals surface area contributed by atoms with Crippen molar-refractivity contribution in [1.82, 2.24) is 4.90 Å². The fourth-order valence-electron chi connectivity index (χ4n) is 1.93. The topological polar surface area (TPSA) is 54.5 Å². The van der Waals surface area contributed by atoms with Gasteiger partial charge in [-0.1, -0.05) is 18.2 Å². The molecule has 1 amide bonds. The number of rotatable bonds is 5. The average Bonchev–Trinajstić information content (AvgIpc) is 3.18. The first-order chi connectivity index (χ1) is 8.95. The Kier molecular flexibility index (Phi) is 3.96. The van der Waals surface area contributed by atoms with Gasteiger partial charge in [-0.15, -0.1) is 6.58 Å². The van der Waals surface area contributed by atoms with Crippen LogP contribution in [0.15, 0.2) is 41.8 Å². The summed E-state index contributed by atoms with van der Waals surface area (Å²) in [6.45, 7) is 4.02. The minimum Gasteiger partial charge on any atom is -0.332 e. The van der Waals surface area contributed by atoms with Crippen LogP contribution >= 0.6 is 10.7 Å². The van der Waals surface area contributed by atoms with Gasteiger partial charge >= 0.3 is 0 Å². The number of nitrogens with zero attached hydrogens (tertiary/aromatic N) is 1. The maximum Gasteiger partial charge on any atom is 0.262 e. The fraction of sp³-hybridized carbons (Fsp3) is 0.308. The maximum atomic E-state index is 12.4. The number of carbonyl (C=O) groups is 1. The molecule has 0 N–H and O–H groups in total. The second-order valence-electron chi connectivity index (χ2n) is 4.41. The molecular weight excluding hydrogens is 286 g/mol. The highest BCUT2D eigenvalue weighted by molar-refractivity contribution is 8.13. The van der Waals surface area contributed by atoms with Crippen LogP contribution in [0.25, 0.3) is 0 Å². The fourth-order valence-corrected chi connectivity index (χ4v) is 3.00. The molecule has 1 aromatic rings. The highest BCUT2D eigenvalue weighted by Crippen LogP contribution is 2.30. The summed E-state index contributed by atoms with van der Waals surface area (Å²) >= 11 is 0. The summed E-state index contributed by atoms with van der Waals surface area (Å²) in [7, 11) is 1.43. The van der Waals surface area contributed by atoms with Crippen molar-refractivity contribution in [2.24, 2.45) is 0 Å². The third-order valence-corrected chi connectivity index (χ3v) is 4.33. The number of benzene rings is 1. The van der Waals surface area contributed by atoms with Crippen LogP contribution in [0.5, 0.6) is 0 Å². The molecule has 0 atom stereocenters. The zero-order valence-electron chi connectivity index (χ0n) is 10.3. The molecule has 0 heterocycles. The molecule has 6 heteroatoms. The first kappa shape index (κ1) is 14.1. The predicted molar refractivity (Wildman–Crippen MR) is 73.7 cm³/mol. The van der Waals surface area contributed by atoms with Crippen LogP contribution in [0.1, 0.15) is 23.2 Å². The van der Waals surface area contributed by atoms with Crippen LogP contribution in [-0.4, -0.2) is 31.8 Å². The average molecular weight is 300 g/mol. The van der Waals surface area contributed by atoms with E-state index in [9.17, 15) is 13.2 Å². The molecule has 2 rings (SSSR count). The molecule has 0 unspecified atom stereocenters. The largest absolute Gasteiger partial charge is 0.332 e.